The summed E-state index contributed by atoms with van der Waals surface area (Å²) < 4.78 is 0. The van der Waals surface area contributed by atoms with Crippen molar-refractivity contribution in [1.82, 2.24) is 0 Å². The Hall–Kier alpha value is -0.820. The van der Waals surface area contributed by atoms with Gasteiger partial charge in [0.15, 0.2) is 0 Å². The summed E-state index contributed by atoms with van der Waals surface area (Å²) in [6, 6.07) is 9.93. The van der Waals surface area contributed by atoms with E-state index in [9.17, 15) is 5.11 Å². The molecule has 1 aromatic rings. The molecule has 64 valence electrons. The van der Waals surface area contributed by atoms with Crippen LogP contribution < -0.4 is 0 Å². The highest BCUT2D eigenvalue weighted by molar-refractivity contribution is 5.23. The molecule has 0 amide bonds. The van der Waals surface area contributed by atoms with Crippen LogP contribution in [0.4, 0.5) is 0 Å². The van der Waals surface area contributed by atoms with Gasteiger partial charge in [0.1, 0.15) is 0 Å². The first-order valence-corrected chi connectivity index (χ1v) is 4.49. The molecule has 2 rings (SSSR count). The summed E-state index contributed by atoms with van der Waals surface area (Å²) in [7, 11) is 0. The average Bonchev–Trinajstić information content (AvgIpc) is 2.88. The highest BCUT2D eigenvalue weighted by Gasteiger charge is 2.40. The van der Waals surface area contributed by atoms with Gasteiger partial charge in [-0.1, -0.05) is 30.3 Å². The predicted octanol–water partition coefficient (Wildman–Crippen LogP) is 2.30. The minimum absolute atomic E-state index is 0.486. The van der Waals surface area contributed by atoms with E-state index in [-0.39, 0.29) is 0 Å². The van der Waals surface area contributed by atoms with Gasteiger partial charge in [-0.3, -0.25) is 0 Å². The van der Waals surface area contributed by atoms with Crippen LogP contribution in [0, 0.1) is 5.92 Å². The summed E-state index contributed by atoms with van der Waals surface area (Å²) in [5.41, 5.74) is 0.453. The summed E-state index contributed by atoms with van der Waals surface area (Å²) in [6.07, 6.45) is 2.34. The van der Waals surface area contributed by atoms with E-state index in [0.29, 0.717) is 5.92 Å². The Bertz CT molecular complexity index is 260. The van der Waals surface area contributed by atoms with Gasteiger partial charge in [-0.15, -0.1) is 0 Å². The molecule has 0 heterocycles. The van der Waals surface area contributed by atoms with Crippen molar-refractivity contribution >= 4 is 0 Å². The van der Waals surface area contributed by atoms with Crippen molar-refractivity contribution < 1.29 is 5.11 Å². The second-order valence-electron chi connectivity index (χ2n) is 3.79. The van der Waals surface area contributed by atoms with Crippen LogP contribution in [0.2, 0.25) is 0 Å². The van der Waals surface area contributed by atoms with Gasteiger partial charge in [0, 0.05) is 0 Å². The monoisotopic (exact) mass is 162 g/mol. The van der Waals surface area contributed by atoms with Gasteiger partial charge in [-0.2, -0.15) is 0 Å². The van der Waals surface area contributed by atoms with Crippen LogP contribution in [0.3, 0.4) is 0 Å². The first kappa shape index (κ1) is 7.81. The lowest BCUT2D eigenvalue weighted by Gasteiger charge is -2.23. The summed E-state index contributed by atoms with van der Waals surface area (Å²) in [4.78, 5) is 0. The molecule has 1 aromatic carbocycles. The zero-order valence-electron chi connectivity index (χ0n) is 7.33. The zero-order valence-corrected chi connectivity index (χ0v) is 7.33. The van der Waals surface area contributed by atoms with E-state index in [1.165, 1.54) is 12.8 Å². The van der Waals surface area contributed by atoms with E-state index in [1.54, 1.807) is 0 Å². The minimum Gasteiger partial charge on any atom is -0.385 e. The standard InChI is InChI=1S/C11H14O/c1-11(12,10-7-8-10)9-5-3-2-4-6-9/h2-6,10,12H,7-8H2,1H3/t11-/m1/s1. The van der Waals surface area contributed by atoms with Crippen LogP contribution in [-0.2, 0) is 5.60 Å². The molecular weight excluding hydrogens is 148 g/mol. The Morgan fingerprint density at radius 1 is 1.25 bits per heavy atom. The minimum atomic E-state index is -0.596. The lowest BCUT2D eigenvalue weighted by Crippen LogP contribution is -2.23. The Morgan fingerprint density at radius 3 is 2.33 bits per heavy atom. The molecule has 0 aromatic heterocycles. The topological polar surface area (TPSA) is 20.2 Å². The zero-order chi connectivity index (χ0) is 8.60. The fourth-order valence-electron chi connectivity index (χ4n) is 1.66. The molecule has 1 aliphatic carbocycles. The summed E-state index contributed by atoms with van der Waals surface area (Å²) >= 11 is 0. The van der Waals surface area contributed by atoms with Crippen LogP contribution in [0.25, 0.3) is 0 Å². The molecular formula is C11H14O. The predicted molar refractivity (Wildman–Crippen MR) is 48.7 cm³/mol. The van der Waals surface area contributed by atoms with E-state index >= 15 is 0 Å². The quantitative estimate of drug-likeness (QED) is 0.707. The number of hydrogen-bond donors (Lipinski definition) is 1. The van der Waals surface area contributed by atoms with Gasteiger partial charge in [0.2, 0.25) is 0 Å². The Labute approximate surface area is 73.0 Å². The molecule has 1 saturated carbocycles. The van der Waals surface area contributed by atoms with Crippen LogP contribution in [0.1, 0.15) is 25.3 Å². The maximum Gasteiger partial charge on any atom is 0.0896 e. The fraction of sp³-hybridized carbons (Fsp3) is 0.455. The lowest BCUT2D eigenvalue weighted by atomic mass is 9.91. The molecule has 0 unspecified atom stereocenters. The molecule has 0 bridgehead atoms. The van der Waals surface area contributed by atoms with Crippen molar-refractivity contribution in [1.29, 1.82) is 0 Å². The third-order valence-corrected chi connectivity index (χ3v) is 2.73. The second kappa shape index (κ2) is 2.60. The van der Waals surface area contributed by atoms with Crippen molar-refractivity contribution in [3.8, 4) is 0 Å². The number of hydrogen-bond acceptors (Lipinski definition) is 1. The van der Waals surface area contributed by atoms with Crippen LogP contribution in [0.5, 0.6) is 0 Å². The molecule has 1 aliphatic rings. The van der Waals surface area contributed by atoms with E-state index in [2.05, 4.69) is 0 Å². The maximum absolute atomic E-state index is 10.1. The highest BCUT2D eigenvalue weighted by Crippen LogP contribution is 2.45. The Morgan fingerprint density at radius 2 is 1.83 bits per heavy atom. The van der Waals surface area contributed by atoms with Crippen molar-refractivity contribution in [2.45, 2.75) is 25.4 Å². The molecule has 0 radical (unpaired) electrons. The molecule has 12 heavy (non-hydrogen) atoms. The van der Waals surface area contributed by atoms with Crippen molar-refractivity contribution in [2.75, 3.05) is 0 Å². The normalized spacial score (nSPS) is 21.8. The molecule has 1 fully saturated rings. The Kier molecular flexibility index (Phi) is 1.69. The second-order valence-corrected chi connectivity index (χ2v) is 3.79. The first-order valence-electron chi connectivity index (χ1n) is 4.49. The fourth-order valence-corrected chi connectivity index (χ4v) is 1.66. The lowest BCUT2D eigenvalue weighted by molar-refractivity contribution is 0.0331. The van der Waals surface area contributed by atoms with E-state index < -0.39 is 5.60 Å². The molecule has 1 atom stereocenters. The smallest absolute Gasteiger partial charge is 0.0896 e. The highest BCUT2D eigenvalue weighted by atomic mass is 16.3. The van der Waals surface area contributed by atoms with Crippen molar-refractivity contribution in [2.24, 2.45) is 5.92 Å². The van der Waals surface area contributed by atoms with Gasteiger partial charge in [0.25, 0.3) is 0 Å². The molecule has 1 nitrogen and oxygen atoms in total. The SMILES string of the molecule is C[C@@](O)(c1ccccc1)C1CC1. The maximum atomic E-state index is 10.1. The van der Waals surface area contributed by atoms with Crippen LogP contribution in [-0.4, -0.2) is 5.11 Å². The number of rotatable bonds is 2. The van der Waals surface area contributed by atoms with Gasteiger partial charge in [-0.05, 0) is 31.2 Å². The van der Waals surface area contributed by atoms with E-state index in [0.717, 1.165) is 5.56 Å². The van der Waals surface area contributed by atoms with E-state index in [1.807, 2.05) is 37.3 Å². The molecule has 0 saturated heterocycles. The van der Waals surface area contributed by atoms with Gasteiger partial charge < -0.3 is 5.11 Å². The molecule has 1 heteroatoms. The van der Waals surface area contributed by atoms with E-state index in [4.69, 9.17) is 0 Å². The molecule has 0 spiro atoms. The summed E-state index contributed by atoms with van der Waals surface area (Å²) in [5, 5.41) is 10.1. The third kappa shape index (κ3) is 1.25. The average molecular weight is 162 g/mol. The molecule has 0 aliphatic heterocycles. The van der Waals surface area contributed by atoms with Gasteiger partial charge in [0.05, 0.1) is 5.60 Å². The van der Waals surface area contributed by atoms with Crippen molar-refractivity contribution in [3.05, 3.63) is 35.9 Å². The first-order chi connectivity index (χ1) is 5.71. The third-order valence-electron chi connectivity index (χ3n) is 2.73. The Balaban J connectivity index is 2.28. The number of benzene rings is 1. The van der Waals surface area contributed by atoms with Gasteiger partial charge in [-0.25, -0.2) is 0 Å². The molecule has 1 N–H and O–H groups in total. The van der Waals surface area contributed by atoms with Crippen LogP contribution >= 0.6 is 0 Å². The van der Waals surface area contributed by atoms with Crippen LogP contribution in [0.15, 0.2) is 30.3 Å². The summed E-state index contributed by atoms with van der Waals surface area (Å²) in [6.45, 7) is 1.92. The van der Waals surface area contributed by atoms with Gasteiger partial charge >= 0.3 is 0 Å². The van der Waals surface area contributed by atoms with Crippen molar-refractivity contribution in [3.63, 3.8) is 0 Å². The largest absolute Gasteiger partial charge is 0.385 e. The summed E-state index contributed by atoms with van der Waals surface area (Å²) in [5.74, 6) is 0.486. The number of aliphatic hydroxyl groups is 1.